The molecule has 0 unspecified atom stereocenters. The Morgan fingerprint density at radius 2 is 1.81 bits per heavy atom. The Bertz CT molecular complexity index is 647. The van der Waals surface area contributed by atoms with Gasteiger partial charge in [-0.25, -0.2) is 6.08 Å². The summed E-state index contributed by atoms with van der Waals surface area (Å²) in [5, 5.41) is 0. The number of pyridine rings is 1. The second-order valence-corrected chi connectivity index (χ2v) is 4.98. The summed E-state index contributed by atoms with van der Waals surface area (Å²) in [6.45, 7) is 4.31. The number of rotatable bonds is 2. The minimum absolute atomic E-state index is 0. The minimum atomic E-state index is 0. The van der Waals surface area contributed by atoms with Crippen molar-refractivity contribution in [2.75, 3.05) is 4.81 Å². The van der Waals surface area contributed by atoms with Crippen LogP contribution in [0.1, 0.15) is 11.1 Å². The first-order valence-electron chi connectivity index (χ1n) is 6.79. The molecule has 1 aromatic carbocycles. The molecule has 2 nitrogen and oxygen atoms in total. The maximum absolute atomic E-state index is 4.48. The average molecular weight is 451 g/mol. The van der Waals surface area contributed by atoms with Gasteiger partial charge in [-0.2, -0.15) is 6.08 Å². The number of allylic oxidation sites excluding steroid dienone is 2. The first kappa shape index (κ1) is 15.7. The zero-order chi connectivity index (χ0) is 13.9. The van der Waals surface area contributed by atoms with Crippen LogP contribution >= 0.6 is 0 Å². The molecule has 0 saturated heterocycles. The molecule has 1 radical (unpaired) electrons. The smallest absolute Gasteiger partial charge is 0.233 e. The predicted octanol–water partition coefficient (Wildman–Crippen LogP) is 2.83. The van der Waals surface area contributed by atoms with Crippen molar-refractivity contribution < 1.29 is 20.1 Å². The molecule has 0 aliphatic carbocycles. The van der Waals surface area contributed by atoms with Crippen molar-refractivity contribution in [3.05, 3.63) is 78.0 Å². The van der Waals surface area contributed by atoms with Gasteiger partial charge in [0, 0.05) is 37.6 Å². The molecule has 0 bridgehead atoms. The van der Waals surface area contributed by atoms with Crippen molar-refractivity contribution in [3.8, 4) is 0 Å². The van der Waals surface area contributed by atoms with Crippen molar-refractivity contribution in [3.63, 3.8) is 0 Å². The van der Waals surface area contributed by atoms with Gasteiger partial charge in [0.2, 0.25) is 6.85 Å². The molecule has 0 saturated carbocycles. The van der Waals surface area contributed by atoms with Gasteiger partial charge in [0.1, 0.15) is 0 Å². The maximum atomic E-state index is 4.48. The number of anilines is 1. The van der Waals surface area contributed by atoms with Gasteiger partial charge in [-0.3, -0.25) is 11.0 Å². The van der Waals surface area contributed by atoms with Gasteiger partial charge in [-0.05, 0) is 37.1 Å². The topological polar surface area (TPSA) is 16.1 Å². The number of aromatic nitrogens is 1. The quantitative estimate of drug-likeness (QED) is 0.516. The van der Waals surface area contributed by atoms with E-state index in [0.717, 1.165) is 5.59 Å². The summed E-state index contributed by atoms with van der Waals surface area (Å²) in [6.07, 6.45) is 7.91. The Kier molecular flexibility index (Phi) is 5.16. The van der Waals surface area contributed by atoms with Crippen LogP contribution in [-0.2, 0) is 20.1 Å². The number of para-hydroxylation sites is 1. The van der Waals surface area contributed by atoms with Gasteiger partial charge in [-0.1, -0.05) is 30.5 Å². The van der Waals surface area contributed by atoms with Crippen molar-refractivity contribution in [2.45, 2.75) is 13.8 Å². The summed E-state index contributed by atoms with van der Waals surface area (Å²) in [5.41, 5.74) is 4.77. The summed E-state index contributed by atoms with van der Waals surface area (Å²) in [5.74, 6) is 3.39. The molecule has 2 heterocycles. The molecule has 1 aliphatic heterocycles. The summed E-state index contributed by atoms with van der Waals surface area (Å²) in [7, 11) is 0. The second kappa shape index (κ2) is 6.88. The third-order valence-corrected chi connectivity index (χ3v) is 3.54. The standard InChI is InChI=1S/C17H16BN2.Ir/c1-14-8-7-9-15(2)17(14)20-13-6-4-11-18(20)16-10-3-5-12-19-16;/h3-10,12-13H,1-2H3;/q-1;. The predicted molar refractivity (Wildman–Crippen MR) is 85.0 cm³/mol. The molecule has 1 aliphatic rings. The van der Waals surface area contributed by atoms with Gasteiger partial charge in [0.05, 0.1) is 0 Å². The summed E-state index contributed by atoms with van der Waals surface area (Å²) < 4.78 is 0. The fourth-order valence-corrected chi connectivity index (χ4v) is 2.63. The van der Waals surface area contributed by atoms with E-state index in [-0.39, 0.29) is 27.0 Å². The Morgan fingerprint density at radius 3 is 2.48 bits per heavy atom. The van der Waals surface area contributed by atoms with E-state index in [9.17, 15) is 0 Å². The van der Waals surface area contributed by atoms with E-state index >= 15 is 0 Å². The Balaban J connectivity index is 0.00000161. The SMILES string of the molecule is Cc1cccc(C)c1N1C=CC=[C-]B1c1ccccn1.[Ir]. The van der Waals surface area contributed by atoms with Crippen LogP contribution in [0.2, 0.25) is 0 Å². The van der Waals surface area contributed by atoms with Crippen LogP contribution in [0.5, 0.6) is 0 Å². The largest absolute Gasteiger partial charge is 0.415 e. The first-order chi connectivity index (χ1) is 9.77. The maximum Gasteiger partial charge on any atom is 0.233 e. The third kappa shape index (κ3) is 3.17. The molecule has 0 N–H and O–H groups in total. The van der Waals surface area contributed by atoms with Gasteiger partial charge in [0.25, 0.3) is 0 Å². The Hall–Kier alpha value is -1.64. The van der Waals surface area contributed by atoms with E-state index in [0.29, 0.717) is 0 Å². The molecule has 4 heteroatoms. The van der Waals surface area contributed by atoms with Crippen molar-refractivity contribution in [2.24, 2.45) is 0 Å². The molecule has 21 heavy (non-hydrogen) atoms. The van der Waals surface area contributed by atoms with Gasteiger partial charge < -0.3 is 4.81 Å². The molecular formula is C17H16BIrN2-. The van der Waals surface area contributed by atoms with E-state index in [4.69, 9.17) is 0 Å². The van der Waals surface area contributed by atoms with Crippen LogP contribution in [0.15, 0.2) is 60.9 Å². The molecule has 107 valence electrons. The molecular weight excluding hydrogens is 435 g/mol. The number of aryl methyl sites for hydroxylation is 2. The molecule has 3 rings (SSSR count). The van der Waals surface area contributed by atoms with Gasteiger partial charge in [0.15, 0.2) is 0 Å². The van der Waals surface area contributed by atoms with E-state index in [1.165, 1.54) is 16.8 Å². The number of nitrogens with zero attached hydrogens (tertiary/aromatic N) is 2. The zero-order valence-electron chi connectivity index (χ0n) is 12.1. The zero-order valence-corrected chi connectivity index (χ0v) is 14.5. The second-order valence-electron chi connectivity index (χ2n) is 4.98. The van der Waals surface area contributed by atoms with Crippen LogP contribution in [-0.4, -0.2) is 11.8 Å². The van der Waals surface area contributed by atoms with Gasteiger partial charge in [-0.15, -0.1) is 0 Å². The van der Waals surface area contributed by atoms with Gasteiger partial charge >= 0.3 is 0 Å². The van der Waals surface area contributed by atoms with E-state index in [2.05, 4.69) is 54.0 Å². The van der Waals surface area contributed by atoms with Crippen LogP contribution in [0, 0.1) is 19.8 Å². The van der Waals surface area contributed by atoms with Crippen molar-refractivity contribution >= 4 is 18.1 Å². The molecule has 0 amide bonds. The average Bonchev–Trinajstić information content (AvgIpc) is 2.48. The number of hydrogen-bond acceptors (Lipinski definition) is 2. The Labute approximate surface area is 140 Å². The molecule has 2 aromatic rings. The summed E-state index contributed by atoms with van der Waals surface area (Å²) in [4.78, 5) is 6.72. The molecule has 0 atom stereocenters. The van der Waals surface area contributed by atoms with E-state index < -0.39 is 0 Å². The van der Waals surface area contributed by atoms with Crippen LogP contribution in [0.3, 0.4) is 0 Å². The van der Waals surface area contributed by atoms with Crippen LogP contribution < -0.4 is 10.4 Å². The molecule has 0 spiro atoms. The van der Waals surface area contributed by atoms with Crippen molar-refractivity contribution in [1.29, 1.82) is 0 Å². The molecule has 1 aromatic heterocycles. The Morgan fingerprint density at radius 1 is 1.05 bits per heavy atom. The van der Waals surface area contributed by atoms with Crippen molar-refractivity contribution in [1.82, 2.24) is 4.98 Å². The van der Waals surface area contributed by atoms with Crippen LogP contribution in [0.4, 0.5) is 5.69 Å². The third-order valence-electron chi connectivity index (χ3n) is 3.54. The van der Waals surface area contributed by atoms with E-state index in [1.54, 1.807) is 0 Å². The number of hydrogen-bond donors (Lipinski definition) is 0. The fraction of sp³-hybridized carbons (Fsp3) is 0.118. The van der Waals surface area contributed by atoms with E-state index in [1.807, 2.05) is 36.5 Å². The minimum Gasteiger partial charge on any atom is -0.415 e. The normalized spacial score (nSPS) is 13.2. The number of benzene rings is 1. The first-order valence-corrected chi connectivity index (χ1v) is 6.79. The molecule has 0 fully saturated rings. The monoisotopic (exact) mass is 452 g/mol. The fourth-order valence-electron chi connectivity index (χ4n) is 2.63. The van der Waals surface area contributed by atoms with Crippen LogP contribution in [0.25, 0.3) is 0 Å². The summed E-state index contributed by atoms with van der Waals surface area (Å²) in [6, 6.07) is 12.4. The summed E-state index contributed by atoms with van der Waals surface area (Å²) >= 11 is 0.